The molecular formula is C12H11BrN2O. The lowest BCUT2D eigenvalue weighted by molar-refractivity contribution is 0.150. The van der Waals surface area contributed by atoms with E-state index in [9.17, 15) is 5.11 Å². The van der Waals surface area contributed by atoms with Crippen molar-refractivity contribution in [2.24, 2.45) is 0 Å². The topological polar surface area (TPSA) is 38.1 Å². The Morgan fingerprint density at radius 3 is 2.56 bits per heavy atom. The third-order valence-electron chi connectivity index (χ3n) is 2.94. The molecule has 1 aliphatic rings. The van der Waals surface area contributed by atoms with Crippen molar-refractivity contribution in [2.75, 3.05) is 0 Å². The predicted octanol–water partition coefficient (Wildman–Crippen LogP) is 2.62. The minimum Gasteiger partial charge on any atom is -0.385 e. The second-order valence-corrected chi connectivity index (χ2v) is 4.88. The van der Waals surface area contributed by atoms with Crippen molar-refractivity contribution in [3.63, 3.8) is 0 Å². The third kappa shape index (κ3) is 1.49. The van der Waals surface area contributed by atoms with Crippen molar-refractivity contribution in [1.82, 2.24) is 9.78 Å². The molecule has 3 rings (SSSR count). The monoisotopic (exact) mass is 278 g/mol. The molecule has 0 aliphatic heterocycles. The van der Waals surface area contributed by atoms with Gasteiger partial charge in [-0.1, -0.05) is 18.2 Å². The summed E-state index contributed by atoms with van der Waals surface area (Å²) in [6.45, 7) is 0. The largest absolute Gasteiger partial charge is 0.385 e. The number of para-hydroxylation sites is 1. The van der Waals surface area contributed by atoms with Gasteiger partial charge in [0, 0.05) is 5.56 Å². The molecule has 16 heavy (non-hydrogen) atoms. The molecule has 1 saturated carbocycles. The van der Waals surface area contributed by atoms with E-state index < -0.39 is 5.60 Å². The van der Waals surface area contributed by atoms with E-state index in [1.165, 1.54) is 0 Å². The first-order valence-corrected chi connectivity index (χ1v) is 6.02. The zero-order valence-corrected chi connectivity index (χ0v) is 10.2. The molecule has 0 saturated heterocycles. The van der Waals surface area contributed by atoms with Gasteiger partial charge >= 0.3 is 0 Å². The van der Waals surface area contributed by atoms with Crippen molar-refractivity contribution in [1.29, 1.82) is 0 Å². The minimum absolute atomic E-state index is 0.647. The predicted molar refractivity (Wildman–Crippen MR) is 64.4 cm³/mol. The Labute approximate surface area is 102 Å². The van der Waals surface area contributed by atoms with Crippen LogP contribution in [0.4, 0.5) is 0 Å². The maximum absolute atomic E-state index is 10.1. The van der Waals surface area contributed by atoms with Gasteiger partial charge in [-0.05, 0) is 40.9 Å². The van der Waals surface area contributed by atoms with Gasteiger partial charge in [0.05, 0.1) is 17.5 Å². The van der Waals surface area contributed by atoms with Crippen molar-refractivity contribution < 1.29 is 5.11 Å². The van der Waals surface area contributed by atoms with Crippen LogP contribution in [0.1, 0.15) is 18.4 Å². The standard InChI is InChI=1S/C12H11BrN2O/c13-11-10(12(16)6-7-12)8-14-15(11)9-4-2-1-3-5-9/h1-5,8,16H,6-7H2. The van der Waals surface area contributed by atoms with Crippen LogP contribution in [-0.2, 0) is 5.60 Å². The highest BCUT2D eigenvalue weighted by atomic mass is 79.9. The van der Waals surface area contributed by atoms with Crippen LogP contribution in [0.25, 0.3) is 5.69 Å². The van der Waals surface area contributed by atoms with Crippen LogP contribution in [0, 0.1) is 0 Å². The van der Waals surface area contributed by atoms with Gasteiger partial charge in [-0.15, -0.1) is 0 Å². The number of aliphatic hydroxyl groups is 1. The highest BCUT2D eigenvalue weighted by Gasteiger charge is 2.45. The lowest BCUT2D eigenvalue weighted by Crippen LogP contribution is -2.04. The Morgan fingerprint density at radius 1 is 1.25 bits per heavy atom. The molecule has 0 spiro atoms. The summed E-state index contributed by atoms with van der Waals surface area (Å²) in [5.41, 5.74) is 1.23. The molecule has 2 aromatic rings. The molecule has 1 heterocycles. The maximum atomic E-state index is 10.1. The summed E-state index contributed by atoms with van der Waals surface area (Å²) in [5, 5.41) is 14.4. The van der Waals surface area contributed by atoms with Crippen LogP contribution in [0.15, 0.2) is 41.1 Å². The fraction of sp³-hybridized carbons (Fsp3) is 0.250. The van der Waals surface area contributed by atoms with Crippen LogP contribution in [0.2, 0.25) is 0 Å². The Bertz CT molecular complexity index is 517. The molecule has 1 aromatic carbocycles. The highest BCUT2D eigenvalue weighted by molar-refractivity contribution is 9.10. The normalized spacial score (nSPS) is 17.4. The van der Waals surface area contributed by atoms with Gasteiger partial charge in [0.15, 0.2) is 0 Å². The summed E-state index contributed by atoms with van der Waals surface area (Å²) in [6, 6.07) is 9.87. The second kappa shape index (κ2) is 3.43. The molecule has 1 N–H and O–H groups in total. The summed E-state index contributed by atoms with van der Waals surface area (Å²) in [5.74, 6) is 0. The summed E-state index contributed by atoms with van der Waals surface area (Å²) >= 11 is 3.50. The van der Waals surface area contributed by atoms with Crippen LogP contribution >= 0.6 is 15.9 Å². The molecule has 0 atom stereocenters. The number of hydrogen-bond acceptors (Lipinski definition) is 2. The van der Waals surface area contributed by atoms with Gasteiger partial charge in [0.25, 0.3) is 0 Å². The zero-order valence-electron chi connectivity index (χ0n) is 8.60. The SMILES string of the molecule is OC1(c2cnn(-c3ccccc3)c2Br)CC1. The van der Waals surface area contributed by atoms with Crippen LogP contribution in [-0.4, -0.2) is 14.9 Å². The van der Waals surface area contributed by atoms with Crippen molar-refractivity contribution >= 4 is 15.9 Å². The Hall–Kier alpha value is -1.13. The number of nitrogens with zero attached hydrogens (tertiary/aromatic N) is 2. The molecule has 0 bridgehead atoms. The molecule has 1 fully saturated rings. The van der Waals surface area contributed by atoms with E-state index in [1.807, 2.05) is 30.3 Å². The van der Waals surface area contributed by atoms with Crippen LogP contribution in [0.5, 0.6) is 0 Å². The quantitative estimate of drug-likeness (QED) is 0.917. The second-order valence-electron chi connectivity index (χ2n) is 4.13. The van der Waals surface area contributed by atoms with Crippen molar-refractivity contribution in [3.05, 3.63) is 46.7 Å². The zero-order chi connectivity index (χ0) is 11.2. The number of halogens is 1. The van der Waals surface area contributed by atoms with E-state index in [0.29, 0.717) is 0 Å². The van der Waals surface area contributed by atoms with E-state index in [1.54, 1.807) is 10.9 Å². The van der Waals surface area contributed by atoms with E-state index >= 15 is 0 Å². The third-order valence-corrected chi connectivity index (χ3v) is 3.70. The molecule has 1 aliphatic carbocycles. The Balaban J connectivity index is 2.07. The molecule has 0 unspecified atom stereocenters. The molecule has 1 aromatic heterocycles. The fourth-order valence-electron chi connectivity index (χ4n) is 1.78. The number of rotatable bonds is 2. The lowest BCUT2D eigenvalue weighted by Gasteiger charge is -2.06. The first kappa shape index (κ1) is 10.1. The Morgan fingerprint density at radius 2 is 1.94 bits per heavy atom. The van der Waals surface area contributed by atoms with E-state index in [0.717, 1.165) is 28.7 Å². The summed E-state index contributed by atoms with van der Waals surface area (Å²) in [6.07, 6.45) is 3.39. The first-order valence-electron chi connectivity index (χ1n) is 5.22. The molecule has 4 heteroatoms. The number of hydrogen-bond donors (Lipinski definition) is 1. The van der Waals surface area contributed by atoms with Gasteiger partial charge in [0.1, 0.15) is 4.60 Å². The molecular weight excluding hydrogens is 268 g/mol. The average Bonchev–Trinajstić information content (AvgIpc) is 2.91. The molecule has 0 amide bonds. The molecule has 3 nitrogen and oxygen atoms in total. The van der Waals surface area contributed by atoms with Crippen LogP contribution in [0.3, 0.4) is 0 Å². The van der Waals surface area contributed by atoms with E-state index in [-0.39, 0.29) is 0 Å². The van der Waals surface area contributed by atoms with E-state index in [2.05, 4.69) is 21.0 Å². The average molecular weight is 279 g/mol. The van der Waals surface area contributed by atoms with Gasteiger partial charge in [-0.3, -0.25) is 0 Å². The van der Waals surface area contributed by atoms with Gasteiger partial charge in [-0.25, -0.2) is 4.68 Å². The molecule has 0 radical (unpaired) electrons. The molecule has 82 valence electrons. The van der Waals surface area contributed by atoms with Gasteiger partial charge < -0.3 is 5.11 Å². The first-order chi connectivity index (χ1) is 7.71. The number of benzene rings is 1. The number of aromatic nitrogens is 2. The van der Waals surface area contributed by atoms with Crippen LogP contribution < -0.4 is 0 Å². The van der Waals surface area contributed by atoms with E-state index in [4.69, 9.17) is 0 Å². The summed E-state index contributed by atoms with van der Waals surface area (Å²) in [4.78, 5) is 0. The Kier molecular flexibility index (Phi) is 2.16. The van der Waals surface area contributed by atoms with Gasteiger partial charge in [-0.2, -0.15) is 5.10 Å². The summed E-state index contributed by atoms with van der Waals surface area (Å²) in [7, 11) is 0. The smallest absolute Gasteiger partial charge is 0.116 e. The lowest BCUT2D eigenvalue weighted by atomic mass is 10.2. The summed E-state index contributed by atoms with van der Waals surface area (Å²) < 4.78 is 2.64. The maximum Gasteiger partial charge on any atom is 0.116 e. The fourth-order valence-corrected chi connectivity index (χ4v) is 2.55. The highest BCUT2D eigenvalue weighted by Crippen LogP contribution is 2.47. The van der Waals surface area contributed by atoms with Crippen molar-refractivity contribution in [2.45, 2.75) is 18.4 Å². The minimum atomic E-state index is -0.647. The van der Waals surface area contributed by atoms with Crippen molar-refractivity contribution in [3.8, 4) is 5.69 Å². The van der Waals surface area contributed by atoms with Gasteiger partial charge in [0.2, 0.25) is 0 Å².